The van der Waals surface area contributed by atoms with E-state index in [1.54, 1.807) is 43.5 Å². The Morgan fingerprint density at radius 1 is 1.07 bits per heavy atom. The van der Waals surface area contributed by atoms with Crippen LogP contribution >= 0.6 is 0 Å². The van der Waals surface area contributed by atoms with E-state index < -0.39 is 5.82 Å². The summed E-state index contributed by atoms with van der Waals surface area (Å²) < 4.78 is 18.6. The number of ketones is 1. The summed E-state index contributed by atoms with van der Waals surface area (Å²) >= 11 is 0. The summed E-state index contributed by atoms with van der Waals surface area (Å²) in [5.41, 5.74) is 1.70. The second-order valence-corrected chi connectivity index (χ2v) is 6.52. The Labute approximate surface area is 163 Å². The van der Waals surface area contributed by atoms with Gasteiger partial charge in [0, 0.05) is 24.2 Å². The molecule has 0 bridgehead atoms. The number of allylic oxidation sites excluding steroid dienone is 1. The molecule has 2 heterocycles. The van der Waals surface area contributed by atoms with Crippen LogP contribution in [0.3, 0.4) is 0 Å². The minimum Gasteiger partial charge on any atom is -0.439 e. The Kier molecular flexibility index (Phi) is 6.22. The van der Waals surface area contributed by atoms with E-state index in [9.17, 15) is 9.18 Å². The molecule has 0 aliphatic carbocycles. The second kappa shape index (κ2) is 8.99. The third-order valence-corrected chi connectivity index (χ3v) is 3.94. The maximum Gasteiger partial charge on any atom is 0.219 e. The number of carbonyl (C=O) groups excluding carboxylic acids is 1. The van der Waals surface area contributed by atoms with Gasteiger partial charge in [-0.15, -0.1) is 0 Å². The lowest BCUT2D eigenvalue weighted by molar-refractivity contribution is -0.117. The Morgan fingerprint density at radius 2 is 1.79 bits per heavy atom. The smallest absolute Gasteiger partial charge is 0.219 e. The monoisotopic (exact) mass is 377 g/mol. The molecule has 0 amide bonds. The van der Waals surface area contributed by atoms with Crippen molar-refractivity contribution in [2.45, 2.75) is 20.3 Å². The third kappa shape index (κ3) is 5.54. The van der Waals surface area contributed by atoms with Crippen molar-refractivity contribution >= 4 is 11.9 Å². The van der Waals surface area contributed by atoms with Gasteiger partial charge in [0.1, 0.15) is 11.5 Å². The van der Waals surface area contributed by atoms with Gasteiger partial charge in [-0.05, 0) is 48.7 Å². The van der Waals surface area contributed by atoms with Gasteiger partial charge in [-0.3, -0.25) is 0 Å². The van der Waals surface area contributed by atoms with Gasteiger partial charge in [-0.2, -0.15) is 0 Å². The Balaban J connectivity index is 1.61. The summed E-state index contributed by atoms with van der Waals surface area (Å²) in [6, 6.07) is 10.8. The first-order valence-corrected chi connectivity index (χ1v) is 8.89. The van der Waals surface area contributed by atoms with Crippen LogP contribution < -0.4 is 4.74 Å². The van der Waals surface area contributed by atoms with E-state index in [2.05, 4.69) is 15.0 Å². The van der Waals surface area contributed by atoms with Gasteiger partial charge >= 0.3 is 0 Å². The minimum absolute atomic E-state index is 0.177. The zero-order chi connectivity index (χ0) is 19.9. The molecule has 0 radical (unpaired) electrons. The number of hydrogen-bond donors (Lipinski definition) is 0. The molecule has 2 aromatic heterocycles. The summed E-state index contributed by atoms with van der Waals surface area (Å²) in [4.78, 5) is 23.3. The third-order valence-electron chi connectivity index (χ3n) is 3.94. The summed E-state index contributed by atoms with van der Waals surface area (Å²) in [6.07, 6.45) is 8.45. The van der Waals surface area contributed by atoms with Gasteiger partial charge in [0.15, 0.2) is 11.6 Å². The average Bonchev–Trinajstić information content (AvgIpc) is 2.68. The number of hydrogen-bond acceptors (Lipinski definition) is 5. The molecule has 0 N–H and O–H groups in total. The average molecular weight is 377 g/mol. The van der Waals surface area contributed by atoms with Gasteiger partial charge in [-0.1, -0.05) is 19.1 Å². The van der Waals surface area contributed by atoms with Crippen LogP contribution in [0.5, 0.6) is 11.6 Å². The first-order chi connectivity index (χ1) is 13.5. The summed E-state index contributed by atoms with van der Waals surface area (Å²) in [5.74, 6) is 1.44. The lowest BCUT2D eigenvalue weighted by Crippen LogP contribution is -1.97. The van der Waals surface area contributed by atoms with Crippen molar-refractivity contribution in [1.29, 1.82) is 0 Å². The fourth-order valence-corrected chi connectivity index (χ4v) is 2.60. The predicted molar refractivity (Wildman–Crippen MR) is 105 cm³/mol. The number of ether oxygens (including phenoxy) is 1. The highest BCUT2D eigenvalue weighted by Crippen LogP contribution is 2.23. The Bertz CT molecular complexity index is 953. The molecule has 0 fully saturated rings. The second-order valence-electron chi connectivity index (χ2n) is 6.52. The molecule has 0 saturated carbocycles. The van der Waals surface area contributed by atoms with E-state index in [-0.39, 0.29) is 11.7 Å². The van der Waals surface area contributed by atoms with Crippen LogP contribution in [-0.2, 0) is 4.79 Å². The van der Waals surface area contributed by atoms with Crippen molar-refractivity contribution in [1.82, 2.24) is 15.0 Å². The lowest BCUT2D eigenvalue weighted by atomic mass is 10.0. The summed E-state index contributed by atoms with van der Waals surface area (Å²) in [7, 11) is 0. The summed E-state index contributed by atoms with van der Waals surface area (Å²) in [6.45, 7) is 3.60. The fourth-order valence-electron chi connectivity index (χ4n) is 2.60. The van der Waals surface area contributed by atoms with E-state index >= 15 is 0 Å². The number of pyridine rings is 1. The van der Waals surface area contributed by atoms with Gasteiger partial charge in [0.25, 0.3) is 0 Å². The predicted octanol–water partition coefficient (Wildman–Crippen LogP) is 5.10. The zero-order valence-electron chi connectivity index (χ0n) is 15.7. The van der Waals surface area contributed by atoms with Crippen molar-refractivity contribution in [3.8, 4) is 23.0 Å². The van der Waals surface area contributed by atoms with Crippen molar-refractivity contribution in [2.75, 3.05) is 0 Å². The number of nitrogens with zero attached hydrogens (tertiary/aromatic N) is 3. The molecular weight excluding hydrogens is 357 g/mol. The van der Waals surface area contributed by atoms with E-state index in [4.69, 9.17) is 4.74 Å². The minimum atomic E-state index is -0.471. The Morgan fingerprint density at radius 3 is 2.39 bits per heavy atom. The molecule has 0 spiro atoms. The topological polar surface area (TPSA) is 65.0 Å². The molecule has 0 aliphatic heterocycles. The lowest BCUT2D eigenvalue weighted by Gasteiger charge is -2.06. The van der Waals surface area contributed by atoms with Crippen LogP contribution in [0.25, 0.3) is 17.5 Å². The zero-order valence-corrected chi connectivity index (χ0v) is 15.7. The van der Waals surface area contributed by atoms with E-state index in [1.165, 1.54) is 0 Å². The van der Waals surface area contributed by atoms with Gasteiger partial charge < -0.3 is 9.53 Å². The molecule has 1 atom stereocenters. The number of carbonyl (C=O) groups is 1. The Hall–Kier alpha value is -3.41. The van der Waals surface area contributed by atoms with Crippen LogP contribution in [-0.4, -0.2) is 20.7 Å². The number of aromatic nitrogens is 3. The number of Topliss-reactive ketones (excluding diaryl/α,β-unsaturated/α-hetero) is 1. The highest BCUT2D eigenvalue weighted by Gasteiger charge is 2.04. The molecule has 142 valence electrons. The molecule has 1 aromatic carbocycles. The standard InChI is InChI=1S/C22H20FN3O2/c1-15(11-16(2)27)3-4-17-5-10-21(24-12-17)28-20-8-6-18(7-9-20)22-25-13-19(23)14-26-22/h3-10,12-15H,11H2,1-2H3/b4-3+/t15-/m0/s1. The maximum absolute atomic E-state index is 12.9. The quantitative estimate of drug-likeness (QED) is 0.573. The van der Waals surface area contributed by atoms with E-state index in [0.717, 1.165) is 23.5 Å². The molecule has 5 nitrogen and oxygen atoms in total. The highest BCUT2D eigenvalue weighted by molar-refractivity contribution is 5.76. The number of halogens is 1. The SMILES string of the molecule is CC(=O)C[C@@H](C)/C=C/c1ccc(Oc2ccc(-c3ncc(F)cn3)cc2)nc1. The largest absolute Gasteiger partial charge is 0.439 e. The molecule has 28 heavy (non-hydrogen) atoms. The van der Waals surface area contributed by atoms with Crippen LogP contribution in [0.1, 0.15) is 25.8 Å². The molecule has 0 aliphatic rings. The first-order valence-electron chi connectivity index (χ1n) is 8.89. The van der Waals surface area contributed by atoms with Crippen LogP contribution in [0.4, 0.5) is 4.39 Å². The fraction of sp³-hybridized carbons (Fsp3) is 0.182. The first kappa shape index (κ1) is 19.4. The highest BCUT2D eigenvalue weighted by atomic mass is 19.1. The molecule has 6 heteroatoms. The van der Waals surface area contributed by atoms with Crippen LogP contribution in [0, 0.1) is 11.7 Å². The molecule has 0 saturated heterocycles. The van der Waals surface area contributed by atoms with Crippen molar-refractivity contribution in [3.63, 3.8) is 0 Å². The summed E-state index contributed by atoms with van der Waals surface area (Å²) in [5, 5.41) is 0. The molecule has 3 aromatic rings. The van der Waals surface area contributed by atoms with Crippen molar-refractivity contribution in [3.05, 3.63) is 72.4 Å². The molecular formula is C22H20FN3O2. The van der Waals surface area contributed by atoms with Gasteiger partial charge in [0.2, 0.25) is 5.88 Å². The van der Waals surface area contributed by atoms with Gasteiger partial charge in [-0.25, -0.2) is 19.3 Å². The number of benzene rings is 1. The molecule has 3 rings (SSSR count). The van der Waals surface area contributed by atoms with Crippen molar-refractivity contribution < 1.29 is 13.9 Å². The van der Waals surface area contributed by atoms with Crippen molar-refractivity contribution in [2.24, 2.45) is 5.92 Å². The normalized spacial score (nSPS) is 12.1. The van der Waals surface area contributed by atoms with Crippen LogP contribution in [0.2, 0.25) is 0 Å². The van der Waals surface area contributed by atoms with E-state index in [1.807, 2.05) is 25.1 Å². The van der Waals surface area contributed by atoms with E-state index in [0.29, 0.717) is 23.9 Å². The number of rotatable bonds is 7. The van der Waals surface area contributed by atoms with Crippen LogP contribution in [0.15, 0.2) is 61.1 Å². The molecule has 0 unspecified atom stereocenters. The maximum atomic E-state index is 12.9. The van der Waals surface area contributed by atoms with Gasteiger partial charge in [0.05, 0.1) is 12.4 Å².